The summed E-state index contributed by atoms with van der Waals surface area (Å²) < 4.78 is 4.71. The molecule has 0 radical (unpaired) electrons. The molecule has 0 aliphatic heterocycles. The highest BCUT2D eigenvalue weighted by molar-refractivity contribution is 5.61. The lowest BCUT2D eigenvalue weighted by Crippen LogP contribution is -1.78. The van der Waals surface area contributed by atoms with Crippen molar-refractivity contribution in [2.45, 2.75) is 0 Å². The molecule has 0 saturated heterocycles. The van der Waals surface area contributed by atoms with Gasteiger partial charge >= 0.3 is 0 Å². The van der Waals surface area contributed by atoms with Crippen LogP contribution in [0.15, 0.2) is 22.4 Å². The number of hydrogen-bond acceptors (Lipinski definition) is 4. The van der Waals surface area contributed by atoms with E-state index in [1.165, 1.54) is 6.39 Å². The highest BCUT2D eigenvalue weighted by Crippen LogP contribution is 2.20. The van der Waals surface area contributed by atoms with Crippen LogP contribution in [0.4, 0.5) is 5.88 Å². The summed E-state index contributed by atoms with van der Waals surface area (Å²) in [6.07, 6.45) is 1.17. The van der Waals surface area contributed by atoms with Crippen molar-refractivity contribution in [3.8, 4) is 0 Å². The largest absolute Gasteiger partial charge is 0.506 e. The van der Waals surface area contributed by atoms with Crippen molar-refractivity contribution in [2.24, 2.45) is 4.99 Å². The molecule has 1 rings (SSSR count). The molecule has 1 N–H and O–H groups in total. The van der Waals surface area contributed by atoms with Crippen LogP contribution in [0.1, 0.15) is 5.69 Å². The van der Waals surface area contributed by atoms with Crippen LogP contribution >= 0.6 is 0 Å². The van der Waals surface area contributed by atoms with Crippen molar-refractivity contribution >= 4 is 18.4 Å². The van der Waals surface area contributed by atoms with Crippen molar-refractivity contribution in [1.82, 2.24) is 4.98 Å². The second-order valence-electron chi connectivity index (χ2n) is 1.61. The molecule has 0 spiro atoms. The van der Waals surface area contributed by atoms with E-state index in [1.807, 2.05) is 0 Å². The Balaban J connectivity index is 3.13. The van der Waals surface area contributed by atoms with E-state index in [0.29, 0.717) is 0 Å². The summed E-state index contributed by atoms with van der Waals surface area (Å²) in [6.45, 7) is 6.46. The molecule has 0 amide bonds. The van der Waals surface area contributed by atoms with Gasteiger partial charge in [-0.2, -0.15) is 0 Å². The Labute approximate surface area is 57.5 Å². The number of oxazole rings is 1. The summed E-state index contributed by atoms with van der Waals surface area (Å²) in [6, 6.07) is 0. The second kappa shape index (κ2) is 2.34. The second-order valence-corrected chi connectivity index (χ2v) is 1.61. The molecule has 4 nitrogen and oxygen atoms in total. The minimum Gasteiger partial charge on any atom is -0.506 e. The van der Waals surface area contributed by atoms with E-state index in [9.17, 15) is 0 Å². The Hall–Kier alpha value is -1.58. The molecule has 1 aromatic heterocycles. The first-order chi connectivity index (χ1) is 4.75. The third kappa shape index (κ3) is 0.907. The molecule has 1 aromatic rings. The summed E-state index contributed by atoms with van der Waals surface area (Å²) in [5.41, 5.74) is 0.231. The van der Waals surface area contributed by atoms with Gasteiger partial charge in [0, 0.05) is 0 Å². The van der Waals surface area contributed by atoms with Gasteiger partial charge in [-0.05, 0) is 6.72 Å². The van der Waals surface area contributed by atoms with Gasteiger partial charge in [-0.1, -0.05) is 6.58 Å². The van der Waals surface area contributed by atoms with Gasteiger partial charge < -0.3 is 9.52 Å². The Morgan fingerprint density at radius 3 is 2.90 bits per heavy atom. The Bertz CT molecular complexity index is 264. The fourth-order valence-electron chi connectivity index (χ4n) is 0.550. The number of nitrogens with zero attached hydrogens (tertiary/aromatic N) is 2. The van der Waals surface area contributed by atoms with E-state index < -0.39 is 0 Å². The minimum atomic E-state index is -0.170. The quantitative estimate of drug-likeness (QED) is 0.498. The van der Waals surface area contributed by atoms with Crippen LogP contribution in [0.3, 0.4) is 0 Å². The van der Waals surface area contributed by atoms with Gasteiger partial charge in [0.2, 0.25) is 5.88 Å². The van der Waals surface area contributed by atoms with Crippen molar-refractivity contribution in [3.63, 3.8) is 0 Å². The number of hydrogen-bond donors (Lipinski definition) is 1. The number of aliphatic imine (C=N–C) groups is 1. The monoisotopic (exact) mass is 138 g/mol. The van der Waals surface area contributed by atoms with Crippen LogP contribution in [-0.4, -0.2) is 16.8 Å². The summed E-state index contributed by atoms with van der Waals surface area (Å²) in [7, 11) is 0. The van der Waals surface area contributed by atoms with Crippen molar-refractivity contribution in [1.29, 1.82) is 0 Å². The van der Waals surface area contributed by atoms with E-state index in [4.69, 9.17) is 9.52 Å². The fourth-order valence-corrected chi connectivity index (χ4v) is 0.550. The lowest BCUT2D eigenvalue weighted by molar-refractivity contribution is 0.510. The molecular weight excluding hydrogens is 132 g/mol. The minimum absolute atomic E-state index is 0.170. The average Bonchev–Trinajstić information content (AvgIpc) is 2.33. The van der Waals surface area contributed by atoms with Gasteiger partial charge in [-0.3, -0.25) is 0 Å². The maximum atomic E-state index is 8.82. The fraction of sp³-hybridized carbons (Fsp3) is 0. The maximum Gasteiger partial charge on any atom is 0.249 e. The lowest BCUT2D eigenvalue weighted by atomic mass is 10.4. The van der Waals surface area contributed by atoms with Crippen LogP contribution in [0.25, 0.3) is 5.76 Å². The standard InChI is InChI=1S/C6H6N2O2/c1-4(9)5-6(7-2)10-3-8-5/h3,9H,1-2H2. The van der Waals surface area contributed by atoms with Crippen molar-refractivity contribution in [3.05, 3.63) is 18.7 Å². The zero-order valence-electron chi connectivity index (χ0n) is 5.24. The molecule has 10 heavy (non-hydrogen) atoms. The predicted octanol–water partition coefficient (Wildman–Crippen LogP) is 1.54. The van der Waals surface area contributed by atoms with E-state index in [1.54, 1.807) is 0 Å². The molecule has 0 fully saturated rings. The van der Waals surface area contributed by atoms with Gasteiger partial charge in [0.15, 0.2) is 12.1 Å². The first-order valence-electron chi connectivity index (χ1n) is 2.54. The molecule has 0 unspecified atom stereocenters. The Morgan fingerprint density at radius 1 is 1.80 bits per heavy atom. The molecular formula is C6H6N2O2. The molecule has 4 heteroatoms. The van der Waals surface area contributed by atoms with Gasteiger partial charge in [0.1, 0.15) is 5.76 Å². The summed E-state index contributed by atoms with van der Waals surface area (Å²) in [5.74, 6) is 0.0173. The van der Waals surface area contributed by atoms with Crippen LogP contribution in [0.2, 0.25) is 0 Å². The summed E-state index contributed by atoms with van der Waals surface area (Å²) in [4.78, 5) is 7.09. The molecule has 0 saturated carbocycles. The molecule has 1 heterocycles. The highest BCUT2D eigenvalue weighted by atomic mass is 16.4. The van der Waals surface area contributed by atoms with E-state index >= 15 is 0 Å². The zero-order valence-corrected chi connectivity index (χ0v) is 5.24. The molecule has 0 aromatic carbocycles. The van der Waals surface area contributed by atoms with E-state index in [-0.39, 0.29) is 17.3 Å². The highest BCUT2D eigenvalue weighted by Gasteiger charge is 2.07. The Morgan fingerprint density at radius 2 is 2.50 bits per heavy atom. The average molecular weight is 138 g/mol. The summed E-state index contributed by atoms with van der Waals surface area (Å²) >= 11 is 0. The van der Waals surface area contributed by atoms with Gasteiger partial charge in [0.05, 0.1) is 0 Å². The number of aliphatic hydroxyl groups is 1. The van der Waals surface area contributed by atoms with Crippen LogP contribution in [0.5, 0.6) is 0 Å². The molecule has 0 atom stereocenters. The maximum absolute atomic E-state index is 8.82. The first kappa shape index (κ1) is 6.54. The lowest BCUT2D eigenvalue weighted by Gasteiger charge is -1.89. The third-order valence-corrected chi connectivity index (χ3v) is 0.966. The topological polar surface area (TPSA) is 58.6 Å². The smallest absolute Gasteiger partial charge is 0.249 e. The molecule has 0 bridgehead atoms. The van der Waals surface area contributed by atoms with Crippen LogP contribution < -0.4 is 0 Å². The van der Waals surface area contributed by atoms with Crippen LogP contribution in [-0.2, 0) is 0 Å². The SMILES string of the molecule is C=Nc1ocnc1C(=C)O. The normalized spacial score (nSPS) is 9.20. The van der Waals surface area contributed by atoms with E-state index in [2.05, 4.69) is 23.3 Å². The van der Waals surface area contributed by atoms with E-state index in [0.717, 1.165) is 0 Å². The molecule has 0 aliphatic rings. The number of aromatic nitrogens is 1. The van der Waals surface area contributed by atoms with Gasteiger partial charge in [-0.15, -0.1) is 0 Å². The zero-order chi connectivity index (χ0) is 7.56. The van der Waals surface area contributed by atoms with Gasteiger partial charge in [0.25, 0.3) is 0 Å². The third-order valence-electron chi connectivity index (χ3n) is 0.966. The van der Waals surface area contributed by atoms with Crippen LogP contribution in [0, 0.1) is 0 Å². The van der Waals surface area contributed by atoms with Crippen molar-refractivity contribution in [2.75, 3.05) is 0 Å². The summed E-state index contributed by atoms with van der Waals surface area (Å²) in [5, 5.41) is 8.82. The number of rotatable bonds is 2. The molecule has 52 valence electrons. The number of aliphatic hydroxyl groups excluding tert-OH is 1. The Kier molecular flexibility index (Phi) is 1.53. The van der Waals surface area contributed by atoms with Gasteiger partial charge in [-0.25, -0.2) is 9.98 Å². The predicted molar refractivity (Wildman–Crippen MR) is 37.4 cm³/mol. The first-order valence-corrected chi connectivity index (χ1v) is 2.54. The van der Waals surface area contributed by atoms with Crippen molar-refractivity contribution < 1.29 is 9.52 Å². The molecule has 0 aliphatic carbocycles.